The van der Waals surface area contributed by atoms with E-state index in [4.69, 9.17) is 0 Å². The third kappa shape index (κ3) is 6.00. The molecule has 2 aliphatic rings. The van der Waals surface area contributed by atoms with Crippen molar-refractivity contribution in [1.29, 1.82) is 0 Å². The van der Waals surface area contributed by atoms with Gasteiger partial charge in [-0.15, -0.1) is 0 Å². The Kier molecular flexibility index (Phi) is 9.93. The molecule has 2 aliphatic carbocycles. The molecule has 148 valence electrons. The molecule has 0 bridgehead atoms. The molecule has 2 fully saturated rings. The first-order chi connectivity index (χ1) is 12.2. The molecule has 0 unspecified atom stereocenters. The van der Waals surface area contributed by atoms with Gasteiger partial charge in [0, 0.05) is 0 Å². The van der Waals surface area contributed by atoms with E-state index in [0.29, 0.717) is 5.41 Å². The van der Waals surface area contributed by atoms with E-state index in [0.717, 1.165) is 17.8 Å². The third-order valence-electron chi connectivity index (χ3n) is 8.02. The second-order valence-electron chi connectivity index (χ2n) is 9.81. The molecule has 0 N–H and O–H groups in total. The number of hydrogen-bond donors (Lipinski definition) is 0. The van der Waals surface area contributed by atoms with Crippen molar-refractivity contribution in [3.8, 4) is 0 Å². The molecule has 0 aromatic rings. The van der Waals surface area contributed by atoms with Gasteiger partial charge in [0.25, 0.3) is 0 Å². The Balaban J connectivity index is 1.96. The van der Waals surface area contributed by atoms with E-state index in [1.54, 1.807) is 32.1 Å². The number of rotatable bonds is 11. The van der Waals surface area contributed by atoms with E-state index < -0.39 is 0 Å². The minimum absolute atomic E-state index is 0.685. The zero-order valence-electron chi connectivity index (χ0n) is 18.0. The van der Waals surface area contributed by atoms with Gasteiger partial charge < -0.3 is 0 Å². The SMILES string of the molecule is CCCCCCCCCC(C(C)C)(C1CCCCC1)C1CCCCC1. The van der Waals surface area contributed by atoms with Crippen LogP contribution in [0.15, 0.2) is 0 Å². The minimum Gasteiger partial charge on any atom is -0.0654 e. The molecule has 0 saturated heterocycles. The lowest BCUT2D eigenvalue weighted by Gasteiger charge is -2.53. The summed E-state index contributed by atoms with van der Waals surface area (Å²) in [6, 6.07) is 0. The highest BCUT2D eigenvalue weighted by molar-refractivity contribution is 4.96. The Morgan fingerprint density at radius 2 is 1.08 bits per heavy atom. The van der Waals surface area contributed by atoms with Crippen molar-refractivity contribution in [2.75, 3.05) is 0 Å². The first kappa shape index (κ1) is 21.3. The molecule has 0 amide bonds. The monoisotopic (exact) mass is 348 g/mol. The van der Waals surface area contributed by atoms with E-state index in [2.05, 4.69) is 20.8 Å². The molecule has 25 heavy (non-hydrogen) atoms. The van der Waals surface area contributed by atoms with E-state index in [9.17, 15) is 0 Å². The van der Waals surface area contributed by atoms with Crippen molar-refractivity contribution in [2.24, 2.45) is 23.2 Å². The maximum absolute atomic E-state index is 2.59. The van der Waals surface area contributed by atoms with Gasteiger partial charge in [0.1, 0.15) is 0 Å². The summed E-state index contributed by atoms with van der Waals surface area (Å²) in [5, 5.41) is 0. The Bertz CT molecular complexity index is 299. The Morgan fingerprint density at radius 1 is 0.640 bits per heavy atom. The van der Waals surface area contributed by atoms with Crippen LogP contribution in [0.1, 0.15) is 136 Å². The van der Waals surface area contributed by atoms with Crippen LogP contribution in [0.25, 0.3) is 0 Å². The second-order valence-corrected chi connectivity index (χ2v) is 9.81. The van der Waals surface area contributed by atoms with Crippen molar-refractivity contribution < 1.29 is 0 Å². The maximum Gasteiger partial charge on any atom is -0.0218 e. The quantitative estimate of drug-likeness (QED) is 0.327. The summed E-state index contributed by atoms with van der Waals surface area (Å²) in [4.78, 5) is 0. The Labute approximate surface area is 159 Å². The molecule has 0 heteroatoms. The summed E-state index contributed by atoms with van der Waals surface area (Å²) in [7, 11) is 0. The standard InChI is InChI=1S/C25H48/c1-4-5-6-7-8-9-16-21-25(22(2)3,23-17-12-10-13-18-23)24-19-14-11-15-20-24/h22-24H,4-21H2,1-3H3. The molecule has 0 radical (unpaired) electrons. The van der Waals surface area contributed by atoms with Crippen LogP contribution in [-0.4, -0.2) is 0 Å². The molecule has 2 saturated carbocycles. The largest absolute Gasteiger partial charge is 0.0654 e. The number of hydrogen-bond acceptors (Lipinski definition) is 0. The third-order valence-corrected chi connectivity index (χ3v) is 8.02. The Hall–Kier alpha value is 0. The molecule has 0 spiro atoms. The molecule has 0 aliphatic heterocycles. The summed E-state index contributed by atoms with van der Waals surface area (Å²) < 4.78 is 0. The summed E-state index contributed by atoms with van der Waals surface area (Å²) >= 11 is 0. The summed E-state index contributed by atoms with van der Waals surface area (Å²) in [6.07, 6.45) is 27.1. The highest BCUT2D eigenvalue weighted by Gasteiger charge is 2.46. The normalized spacial score (nSPS) is 21.1. The lowest BCUT2D eigenvalue weighted by Crippen LogP contribution is -2.44. The lowest BCUT2D eigenvalue weighted by atomic mass is 9.52. The highest BCUT2D eigenvalue weighted by Crippen LogP contribution is 2.56. The van der Waals surface area contributed by atoms with E-state index in [-0.39, 0.29) is 0 Å². The highest BCUT2D eigenvalue weighted by atomic mass is 14.5. The fourth-order valence-corrected chi connectivity index (χ4v) is 6.64. The van der Waals surface area contributed by atoms with Crippen LogP contribution in [0.3, 0.4) is 0 Å². The van der Waals surface area contributed by atoms with Crippen LogP contribution in [0.2, 0.25) is 0 Å². The van der Waals surface area contributed by atoms with E-state index in [1.165, 1.54) is 83.5 Å². The predicted octanol–water partition coefficient (Wildman–Crippen LogP) is 8.93. The zero-order valence-corrected chi connectivity index (χ0v) is 18.0. The van der Waals surface area contributed by atoms with Crippen LogP contribution >= 0.6 is 0 Å². The van der Waals surface area contributed by atoms with Gasteiger partial charge in [-0.05, 0) is 55.3 Å². The van der Waals surface area contributed by atoms with Crippen molar-refractivity contribution in [2.45, 2.75) is 136 Å². The van der Waals surface area contributed by atoms with Gasteiger partial charge in [0.05, 0.1) is 0 Å². The fourth-order valence-electron chi connectivity index (χ4n) is 6.64. The molecule has 0 aromatic heterocycles. The molecular formula is C25H48. The minimum atomic E-state index is 0.685. The summed E-state index contributed by atoms with van der Waals surface area (Å²) in [6.45, 7) is 7.50. The topological polar surface area (TPSA) is 0 Å². The van der Waals surface area contributed by atoms with Crippen LogP contribution in [-0.2, 0) is 0 Å². The average molecular weight is 349 g/mol. The fraction of sp³-hybridized carbons (Fsp3) is 1.00. The summed E-state index contributed by atoms with van der Waals surface area (Å²) in [5.41, 5.74) is 0.685. The van der Waals surface area contributed by atoms with Crippen LogP contribution in [0.4, 0.5) is 0 Å². The Morgan fingerprint density at radius 3 is 1.52 bits per heavy atom. The average Bonchev–Trinajstić information content (AvgIpc) is 2.65. The van der Waals surface area contributed by atoms with Crippen molar-refractivity contribution >= 4 is 0 Å². The molecule has 0 heterocycles. The molecule has 0 aromatic carbocycles. The molecule has 2 rings (SSSR count). The molecule has 0 nitrogen and oxygen atoms in total. The van der Waals surface area contributed by atoms with Crippen LogP contribution < -0.4 is 0 Å². The van der Waals surface area contributed by atoms with E-state index >= 15 is 0 Å². The molecule has 0 atom stereocenters. The first-order valence-corrected chi connectivity index (χ1v) is 12.2. The maximum atomic E-state index is 2.59. The smallest absolute Gasteiger partial charge is 0.0218 e. The van der Waals surface area contributed by atoms with Crippen molar-refractivity contribution in [1.82, 2.24) is 0 Å². The van der Waals surface area contributed by atoms with Crippen molar-refractivity contribution in [3.63, 3.8) is 0 Å². The van der Waals surface area contributed by atoms with Gasteiger partial charge in [-0.2, -0.15) is 0 Å². The van der Waals surface area contributed by atoms with Gasteiger partial charge in [-0.3, -0.25) is 0 Å². The zero-order chi connectivity index (χ0) is 18.0. The van der Waals surface area contributed by atoms with Gasteiger partial charge in [-0.1, -0.05) is 104 Å². The number of unbranched alkanes of at least 4 members (excludes halogenated alkanes) is 6. The first-order valence-electron chi connectivity index (χ1n) is 12.2. The summed E-state index contributed by atoms with van der Waals surface area (Å²) in [5.74, 6) is 2.98. The van der Waals surface area contributed by atoms with Gasteiger partial charge >= 0.3 is 0 Å². The predicted molar refractivity (Wildman–Crippen MR) is 113 cm³/mol. The van der Waals surface area contributed by atoms with Gasteiger partial charge in [-0.25, -0.2) is 0 Å². The second kappa shape index (κ2) is 11.7. The van der Waals surface area contributed by atoms with Crippen molar-refractivity contribution in [3.05, 3.63) is 0 Å². The van der Waals surface area contributed by atoms with E-state index in [1.807, 2.05) is 0 Å². The van der Waals surface area contributed by atoms with Gasteiger partial charge in [0.15, 0.2) is 0 Å². The molecular weight excluding hydrogens is 300 g/mol. The van der Waals surface area contributed by atoms with Crippen LogP contribution in [0, 0.1) is 23.2 Å². The van der Waals surface area contributed by atoms with Gasteiger partial charge in [0.2, 0.25) is 0 Å². The van der Waals surface area contributed by atoms with Crippen LogP contribution in [0.5, 0.6) is 0 Å². The lowest BCUT2D eigenvalue weighted by molar-refractivity contribution is -0.0316.